The Labute approximate surface area is 133 Å². The number of nitrogens with one attached hydrogen (secondary N) is 1. The van der Waals surface area contributed by atoms with E-state index in [-0.39, 0.29) is 17.2 Å². The molecule has 0 aromatic heterocycles. The van der Waals surface area contributed by atoms with Crippen LogP contribution in [0.5, 0.6) is 5.75 Å². The van der Waals surface area contributed by atoms with Crippen molar-refractivity contribution in [3.8, 4) is 5.75 Å². The molecule has 0 spiro atoms. The molecular formula is C15H16F2N2O3S. The minimum absolute atomic E-state index is 0.0193. The van der Waals surface area contributed by atoms with E-state index < -0.39 is 23.1 Å². The van der Waals surface area contributed by atoms with Crippen LogP contribution in [-0.4, -0.2) is 21.5 Å². The molecular weight excluding hydrogens is 326 g/mol. The lowest BCUT2D eigenvalue weighted by Gasteiger charge is -2.09. The van der Waals surface area contributed by atoms with E-state index in [1.807, 2.05) is 0 Å². The molecule has 0 aliphatic heterocycles. The maximum atomic E-state index is 12.2. The summed E-state index contributed by atoms with van der Waals surface area (Å²) in [5, 5.41) is 0. The molecule has 0 atom stereocenters. The van der Waals surface area contributed by atoms with Gasteiger partial charge in [-0.3, -0.25) is 0 Å². The van der Waals surface area contributed by atoms with Crippen molar-refractivity contribution in [1.82, 2.24) is 4.72 Å². The van der Waals surface area contributed by atoms with Gasteiger partial charge in [-0.25, -0.2) is 21.9 Å². The lowest BCUT2D eigenvalue weighted by Crippen LogP contribution is -2.23. The second-order valence-corrected chi connectivity index (χ2v) is 6.51. The van der Waals surface area contributed by atoms with Crippen LogP contribution in [0.1, 0.15) is 5.56 Å². The number of rotatable bonds is 7. The molecule has 0 unspecified atom stereocenters. The Hall–Kier alpha value is -2.19. The quantitative estimate of drug-likeness (QED) is 0.757. The third kappa shape index (κ3) is 5.19. The molecule has 2 aromatic carbocycles. The zero-order chi connectivity index (χ0) is 16.9. The molecule has 124 valence electrons. The van der Waals surface area contributed by atoms with Gasteiger partial charge >= 0.3 is 0 Å². The van der Waals surface area contributed by atoms with E-state index in [0.717, 1.165) is 5.56 Å². The summed E-state index contributed by atoms with van der Waals surface area (Å²) in [4.78, 5) is 0.0193. The SMILES string of the molecule is Nc1cccc(CNS(=O)(=O)c2ccc(OCC(F)F)cc2)c1. The molecule has 2 rings (SSSR count). The van der Waals surface area contributed by atoms with Gasteiger partial charge in [-0.2, -0.15) is 0 Å². The van der Waals surface area contributed by atoms with Crippen molar-refractivity contribution >= 4 is 15.7 Å². The number of alkyl halides is 2. The van der Waals surface area contributed by atoms with Crippen LogP contribution in [0.4, 0.5) is 14.5 Å². The molecule has 2 aromatic rings. The van der Waals surface area contributed by atoms with E-state index >= 15 is 0 Å². The summed E-state index contributed by atoms with van der Waals surface area (Å²) in [6.07, 6.45) is -2.58. The van der Waals surface area contributed by atoms with Crippen molar-refractivity contribution in [2.45, 2.75) is 17.9 Å². The van der Waals surface area contributed by atoms with E-state index in [0.29, 0.717) is 5.69 Å². The summed E-state index contributed by atoms with van der Waals surface area (Å²) in [6.45, 7) is -0.642. The number of hydrogen-bond acceptors (Lipinski definition) is 4. The fourth-order valence-corrected chi connectivity index (χ4v) is 2.86. The van der Waals surface area contributed by atoms with Gasteiger partial charge in [0.15, 0.2) is 0 Å². The van der Waals surface area contributed by atoms with Gasteiger partial charge in [0.05, 0.1) is 4.90 Å². The Kier molecular flexibility index (Phi) is 5.51. The van der Waals surface area contributed by atoms with Crippen molar-refractivity contribution in [2.24, 2.45) is 0 Å². The number of halogens is 2. The zero-order valence-corrected chi connectivity index (χ0v) is 12.9. The van der Waals surface area contributed by atoms with Gasteiger partial charge in [0.2, 0.25) is 10.0 Å². The van der Waals surface area contributed by atoms with Crippen molar-refractivity contribution in [3.63, 3.8) is 0 Å². The lowest BCUT2D eigenvalue weighted by atomic mass is 10.2. The molecule has 0 heterocycles. The molecule has 0 saturated carbocycles. The van der Waals surface area contributed by atoms with Gasteiger partial charge in [-0.05, 0) is 42.0 Å². The molecule has 0 amide bonds. The summed E-state index contributed by atoms with van der Waals surface area (Å²) < 4.78 is 55.7. The van der Waals surface area contributed by atoms with Crippen LogP contribution in [0.15, 0.2) is 53.4 Å². The molecule has 3 N–H and O–H groups in total. The van der Waals surface area contributed by atoms with Crippen LogP contribution < -0.4 is 15.2 Å². The largest absolute Gasteiger partial charge is 0.488 e. The molecule has 0 aliphatic carbocycles. The average Bonchev–Trinajstić information content (AvgIpc) is 2.52. The second-order valence-electron chi connectivity index (χ2n) is 4.74. The molecule has 5 nitrogen and oxygen atoms in total. The first-order chi connectivity index (χ1) is 10.9. The van der Waals surface area contributed by atoms with Crippen LogP contribution in [0.25, 0.3) is 0 Å². The Bertz CT molecular complexity index is 750. The van der Waals surface area contributed by atoms with Crippen molar-refractivity contribution < 1.29 is 21.9 Å². The molecule has 23 heavy (non-hydrogen) atoms. The van der Waals surface area contributed by atoms with Crippen LogP contribution in [0.3, 0.4) is 0 Å². The molecule has 0 aliphatic rings. The van der Waals surface area contributed by atoms with Gasteiger partial charge in [-0.15, -0.1) is 0 Å². The highest BCUT2D eigenvalue weighted by Crippen LogP contribution is 2.17. The van der Waals surface area contributed by atoms with E-state index in [1.165, 1.54) is 24.3 Å². The average molecular weight is 342 g/mol. The van der Waals surface area contributed by atoms with Crippen LogP contribution in [0, 0.1) is 0 Å². The van der Waals surface area contributed by atoms with Crippen LogP contribution >= 0.6 is 0 Å². The van der Waals surface area contributed by atoms with Crippen molar-refractivity contribution in [1.29, 1.82) is 0 Å². The van der Waals surface area contributed by atoms with Gasteiger partial charge in [-0.1, -0.05) is 12.1 Å². The number of hydrogen-bond donors (Lipinski definition) is 2. The molecule has 0 fully saturated rings. The van der Waals surface area contributed by atoms with Crippen LogP contribution in [0.2, 0.25) is 0 Å². The standard InChI is InChI=1S/C15H16F2N2O3S/c16-15(17)10-22-13-4-6-14(7-5-13)23(20,21)19-9-11-2-1-3-12(18)8-11/h1-8,15,19H,9-10,18H2. The fourth-order valence-electron chi connectivity index (χ4n) is 1.84. The number of sulfonamides is 1. The molecule has 8 heteroatoms. The second kappa shape index (κ2) is 7.38. The van der Waals surface area contributed by atoms with Gasteiger partial charge in [0.25, 0.3) is 6.43 Å². The predicted molar refractivity (Wildman–Crippen MR) is 82.8 cm³/mol. The Morgan fingerprint density at radius 2 is 1.83 bits per heavy atom. The monoisotopic (exact) mass is 342 g/mol. The van der Waals surface area contributed by atoms with Gasteiger partial charge in [0, 0.05) is 12.2 Å². The van der Waals surface area contributed by atoms with E-state index in [4.69, 9.17) is 10.5 Å². The Morgan fingerprint density at radius 3 is 2.43 bits per heavy atom. The fraction of sp³-hybridized carbons (Fsp3) is 0.200. The molecule has 0 bridgehead atoms. The summed E-state index contributed by atoms with van der Waals surface area (Å²) in [6, 6.07) is 12.1. The summed E-state index contributed by atoms with van der Waals surface area (Å²) in [5.74, 6) is 0.181. The zero-order valence-electron chi connectivity index (χ0n) is 12.1. The van der Waals surface area contributed by atoms with Gasteiger partial charge in [0.1, 0.15) is 12.4 Å². The topological polar surface area (TPSA) is 81.4 Å². The molecule has 0 saturated heterocycles. The highest BCUT2D eigenvalue weighted by molar-refractivity contribution is 7.89. The maximum Gasteiger partial charge on any atom is 0.272 e. The molecule has 0 radical (unpaired) electrons. The van der Waals surface area contributed by atoms with E-state index in [1.54, 1.807) is 24.3 Å². The lowest BCUT2D eigenvalue weighted by molar-refractivity contribution is 0.0819. The predicted octanol–water partition coefficient (Wildman–Crippen LogP) is 2.39. The first kappa shape index (κ1) is 17.2. The highest BCUT2D eigenvalue weighted by atomic mass is 32.2. The highest BCUT2D eigenvalue weighted by Gasteiger charge is 2.14. The van der Waals surface area contributed by atoms with Crippen molar-refractivity contribution in [3.05, 3.63) is 54.1 Å². The van der Waals surface area contributed by atoms with E-state index in [2.05, 4.69) is 4.72 Å². The Morgan fingerprint density at radius 1 is 1.13 bits per heavy atom. The first-order valence-corrected chi connectivity index (χ1v) is 8.20. The maximum absolute atomic E-state index is 12.2. The number of nitrogens with two attached hydrogens (primary N) is 1. The number of benzene rings is 2. The number of nitrogen functional groups attached to an aromatic ring is 1. The summed E-state index contributed by atoms with van der Waals surface area (Å²) in [5.41, 5.74) is 6.90. The van der Waals surface area contributed by atoms with E-state index in [9.17, 15) is 17.2 Å². The van der Waals surface area contributed by atoms with Crippen LogP contribution in [-0.2, 0) is 16.6 Å². The third-order valence-corrected chi connectivity index (χ3v) is 4.34. The van der Waals surface area contributed by atoms with Crippen molar-refractivity contribution in [2.75, 3.05) is 12.3 Å². The van der Waals surface area contributed by atoms with Gasteiger partial charge < -0.3 is 10.5 Å². The number of ether oxygens (including phenoxy) is 1. The smallest absolute Gasteiger partial charge is 0.272 e. The normalized spacial score (nSPS) is 11.6. The minimum Gasteiger partial charge on any atom is -0.488 e. The summed E-state index contributed by atoms with van der Waals surface area (Å²) >= 11 is 0. The first-order valence-electron chi connectivity index (χ1n) is 6.72. The minimum atomic E-state index is -3.71. The summed E-state index contributed by atoms with van der Waals surface area (Å²) in [7, 11) is -3.71. The Balaban J connectivity index is 2.01. The third-order valence-electron chi connectivity index (χ3n) is 2.93. The number of anilines is 1.